The zero-order chi connectivity index (χ0) is 19.8. The van der Waals surface area contributed by atoms with Crippen molar-refractivity contribution in [3.05, 3.63) is 32.3 Å². The summed E-state index contributed by atoms with van der Waals surface area (Å²) < 4.78 is 16.1. The lowest BCUT2D eigenvalue weighted by molar-refractivity contribution is -0.142. The monoisotopic (exact) mass is 503 g/mol. The van der Waals surface area contributed by atoms with E-state index >= 15 is 0 Å². The van der Waals surface area contributed by atoms with Crippen molar-refractivity contribution in [1.82, 2.24) is 4.98 Å². The van der Waals surface area contributed by atoms with E-state index in [0.29, 0.717) is 28.9 Å². The third kappa shape index (κ3) is 6.47. The van der Waals surface area contributed by atoms with Gasteiger partial charge < -0.3 is 14.2 Å². The highest BCUT2D eigenvalue weighted by atomic mass is 127. The van der Waals surface area contributed by atoms with Crippen molar-refractivity contribution in [2.75, 3.05) is 19.1 Å². The number of benzene rings is 1. The maximum absolute atomic E-state index is 11.5. The van der Waals surface area contributed by atoms with Gasteiger partial charge in [-0.3, -0.25) is 15.0 Å². The fourth-order valence-corrected chi connectivity index (χ4v) is 3.41. The van der Waals surface area contributed by atoms with Gasteiger partial charge in [-0.05, 0) is 47.2 Å². The number of carbonyl (C=O) groups is 2. The molecular formula is C17H18IN3O5S. The zero-order valence-electron chi connectivity index (χ0n) is 14.9. The first kappa shape index (κ1) is 21.1. The molecule has 2 rings (SSSR count). The first-order valence-corrected chi connectivity index (χ1v) is 9.83. The predicted molar refractivity (Wildman–Crippen MR) is 111 cm³/mol. The van der Waals surface area contributed by atoms with E-state index in [2.05, 4.69) is 38.1 Å². The van der Waals surface area contributed by atoms with E-state index in [9.17, 15) is 9.59 Å². The van der Waals surface area contributed by atoms with Gasteiger partial charge in [-0.2, -0.15) is 5.10 Å². The number of rotatable bonds is 8. The number of carbonyl (C=O) groups excluding carboxylic acids is 2. The van der Waals surface area contributed by atoms with Gasteiger partial charge in [0.2, 0.25) is 5.13 Å². The fourth-order valence-electron chi connectivity index (χ4n) is 2.02. The van der Waals surface area contributed by atoms with Crippen molar-refractivity contribution >= 4 is 57.2 Å². The minimum atomic E-state index is -0.420. The van der Waals surface area contributed by atoms with Crippen LogP contribution in [0.2, 0.25) is 0 Å². The number of anilines is 1. The first-order chi connectivity index (χ1) is 12.9. The molecule has 0 fully saturated rings. The van der Waals surface area contributed by atoms with E-state index in [1.165, 1.54) is 25.4 Å². The number of hydrogen-bond acceptors (Lipinski definition) is 9. The molecule has 1 aromatic heterocycles. The molecule has 0 spiro atoms. The van der Waals surface area contributed by atoms with E-state index in [1.807, 2.05) is 0 Å². The minimum absolute atomic E-state index is 0.128. The van der Waals surface area contributed by atoms with Gasteiger partial charge in [0.05, 0.1) is 35.6 Å². The molecule has 27 heavy (non-hydrogen) atoms. The predicted octanol–water partition coefficient (Wildman–Crippen LogP) is 3.23. The van der Waals surface area contributed by atoms with Crippen LogP contribution >= 0.6 is 33.9 Å². The van der Waals surface area contributed by atoms with Crippen LogP contribution < -0.4 is 14.9 Å². The van der Waals surface area contributed by atoms with Gasteiger partial charge in [-0.15, -0.1) is 11.3 Å². The largest absolute Gasteiger partial charge is 0.493 e. The smallest absolute Gasteiger partial charge is 0.311 e. The van der Waals surface area contributed by atoms with Gasteiger partial charge >= 0.3 is 11.9 Å². The second-order valence-electron chi connectivity index (χ2n) is 5.12. The summed E-state index contributed by atoms with van der Waals surface area (Å²) in [5.74, 6) is 0.0767. The highest BCUT2D eigenvalue weighted by Crippen LogP contribution is 2.33. The van der Waals surface area contributed by atoms with Crippen LogP contribution in [0.3, 0.4) is 0 Å². The summed E-state index contributed by atoms with van der Waals surface area (Å²) in [4.78, 5) is 26.9. The molecule has 0 radical (unpaired) electrons. The van der Waals surface area contributed by atoms with Gasteiger partial charge in [0.1, 0.15) is 0 Å². The van der Waals surface area contributed by atoms with E-state index in [-0.39, 0.29) is 12.4 Å². The van der Waals surface area contributed by atoms with Gasteiger partial charge in [-0.1, -0.05) is 0 Å². The third-order valence-electron chi connectivity index (χ3n) is 3.05. The maximum Gasteiger partial charge on any atom is 0.311 e. The minimum Gasteiger partial charge on any atom is -0.493 e. The first-order valence-electron chi connectivity index (χ1n) is 7.88. The molecule has 1 heterocycles. The van der Waals surface area contributed by atoms with Crippen LogP contribution in [0.5, 0.6) is 11.5 Å². The summed E-state index contributed by atoms with van der Waals surface area (Å²) >= 11 is 3.40. The average molecular weight is 503 g/mol. The van der Waals surface area contributed by atoms with Crippen LogP contribution in [-0.2, 0) is 20.7 Å². The highest BCUT2D eigenvalue weighted by Gasteiger charge is 2.13. The Bertz CT molecular complexity index is 853. The Morgan fingerprint density at radius 3 is 2.85 bits per heavy atom. The Hall–Kier alpha value is -2.21. The number of esters is 2. The Morgan fingerprint density at radius 1 is 1.41 bits per heavy atom. The van der Waals surface area contributed by atoms with Gasteiger partial charge in [0, 0.05) is 12.3 Å². The molecule has 0 saturated heterocycles. The van der Waals surface area contributed by atoms with E-state index in [4.69, 9.17) is 14.2 Å². The molecule has 0 aliphatic heterocycles. The third-order valence-corrected chi connectivity index (χ3v) is 4.65. The average Bonchev–Trinajstić information content (AvgIpc) is 3.04. The van der Waals surface area contributed by atoms with Crippen LogP contribution in [0.4, 0.5) is 5.13 Å². The van der Waals surface area contributed by atoms with Gasteiger partial charge in [0.25, 0.3) is 0 Å². The van der Waals surface area contributed by atoms with E-state index in [0.717, 1.165) is 9.13 Å². The van der Waals surface area contributed by atoms with Crippen molar-refractivity contribution in [3.8, 4) is 11.5 Å². The molecule has 1 N–H and O–H groups in total. The molecule has 10 heteroatoms. The van der Waals surface area contributed by atoms with Gasteiger partial charge in [0.15, 0.2) is 11.5 Å². The van der Waals surface area contributed by atoms with Crippen molar-refractivity contribution in [1.29, 1.82) is 0 Å². The van der Waals surface area contributed by atoms with Crippen molar-refractivity contribution in [2.45, 2.75) is 20.3 Å². The summed E-state index contributed by atoms with van der Waals surface area (Å²) in [6.07, 6.45) is 1.72. The van der Waals surface area contributed by atoms with Crippen molar-refractivity contribution in [3.63, 3.8) is 0 Å². The highest BCUT2D eigenvalue weighted by molar-refractivity contribution is 14.1. The molecule has 8 nitrogen and oxygen atoms in total. The molecule has 0 atom stereocenters. The number of halogens is 1. The second kappa shape index (κ2) is 10.2. The SMILES string of the molecule is CCOC(=O)Cc1csc(NN=Cc2cc(I)c(OC(C)=O)c(OC)c2)n1. The number of aromatic nitrogens is 1. The normalized spacial score (nSPS) is 10.7. The van der Waals surface area contributed by atoms with Crippen LogP contribution in [0.1, 0.15) is 25.1 Å². The number of nitrogens with zero attached hydrogens (tertiary/aromatic N) is 2. The molecule has 0 unspecified atom stereocenters. The zero-order valence-corrected chi connectivity index (χ0v) is 17.9. The van der Waals surface area contributed by atoms with Crippen LogP contribution in [-0.4, -0.2) is 36.9 Å². The number of ether oxygens (including phenoxy) is 3. The van der Waals surface area contributed by atoms with E-state index < -0.39 is 5.97 Å². The van der Waals surface area contributed by atoms with Crippen molar-refractivity contribution in [2.24, 2.45) is 5.10 Å². The molecule has 0 aliphatic rings. The summed E-state index contributed by atoms with van der Waals surface area (Å²) in [6, 6.07) is 3.51. The lowest BCUT2D eigenvalue weighted by Crippen LogP contribution is -2.07. The summed E-state index contributed by atoms with van der Waals surface area (Å²) in [7, 11) is 1.50. The lowest BCUT2D eigenvalue weighted by atomic mass is 10.2. The number of hydrogen-bond donors (Lipinski definition) is 1. The lowest BCUT2D eigenvalue weighted by Gasteiger charge is -2.10. The number of hydrazone groups is 1. The molecule has 0 saturated carbocycles. The molecule has 0 aliphatic carbocycles. The number of nitrogens with one attached hydrogen (secondary N) is 1. The summed E-state index contributed by atoms with van der Waals surface area (Å²) in [5.41, 5.74) is 4.19. The molecule has 1 aromatic carbocycles. The van der Waals surface area contributed by atoms with Crippen LogP contribution in [0, 0.1) is 3.57 Å². The Morgan fingerprint density at radius 2 is 2.19 bits per heavy atom. The van der Waals surface area contributed by atoms with E-state index in [1.54, 1.807) is 30.7 Å². The Balaban J connectivity index is 2.04. The number of methoxy groups -OCH3 is 1. The van der Waals surface area contributed by atoms with Crippen LogP contribution in [0.25, 0.3) is 0 Å². The van der Waals surface area contributed by atoms with Crippen molar-refractivity contribution < 1.29 is 23.8 Å². The molecule has 0 bridgehead atoms. The fraction of sp³-hybridized carbons (Fsp3) is 0.294. The molecule has 2 aromatic rings. The standard InChI is InChI=1S/C17H18IN3O5S/c1-4-25-15(23)7-12-9-27-17(20-12)21-19-8-11-5-13(18)16(26-10(2)22)14(6-11)24-3/h5-6,8-9H,4,7H2,1-3H3,(H,20,21). The summed E-state index contributed by atoms with van der Waals surface area (Å²) in [5, 5.41) is 6.47. The second-order valence-corrected chi connectivity index (χ2v) is 7.14. The Kier molecular flexibility index (Phi) is 7.98. The summed E-state index contributed by atoms with van der Waals surface area (Å²) in [6.45, 7) is 3.44. The van der Waals surface area contributed by atoms with Crippen LogP contribution in [0.15, 0.2) is 22.6 Å². The number of thiazole rings is 1. The molecule has 144 valence electrons. The molecular weight excluding hydrogens is 485 g/mol. The topological polar surface area (TPSA) is 99.1 Å². The Labute approximate surface area is 174 Å². The quantitative estimate of drug-likeness (QED) is 0.194. The molecule has 0 amide bonds. The maximum atomic E-state index is 11.5. The van der Waals surface area contributed by atoms with Gasteiger partial charge in [-0.25, -0.2) is 4.98 Å².